The lowest BCUT2D eigenvalue weighted by molar-refractivity contribution is -0.137. The quantitative estimate of drug-likeness (QED) is 0.560. The van der Waals surface area contributed by atoms with Gasteiger partial charge in [-0.2, -0.15) is 13.2 Å². The van der Waals surface area contributed by atoms with Gasteiger partial charge < -0.3 is 9.84 Å². The lowest BCUT2D eigenvalue weighted by atomic mass is 10.2. The van der Waals surface area contributed by atoms with Crippen molar-refractivity contribution in [3.8, 4) is 11.5 Å². The predicted molar refractivity (Wildman–Crippen MR) is 77.7 cm³/mol. The van der Waals surface area contributed by atoms with Gasteiger partial charge in [0.05, 0.1) is 15.8 Å². The Hall–Kier alpha value is -2.61. The van der Waals surface area contributed by atoms with Crippen LogP contribution in [0.4, 0.5) is 13.2 Å². The number of ether oxygens (including phenoxy) is 1. The van der Waals surface area contributed by atoms with E-state index in [0.29, 0.717) is 11.6 Å². The average Bonchev–Trinajstić information content (AvgIpc) is 2.92. The molecule has 23 heavy (non-hydrogen) atoms. The van der Waals surface area contributed by atoms with Crippen LogP contribution in [0.2, 0.25) is 0 Å². The lowest BCUT2D eigenvalue weighted by Crippen LogP contribution is -2.09. The Morgan fingerprint density at radius 3 is 2.57 bits per heavy atom. The summed E-state index contributed by atoms with van der Waals surface area (Å²) in [5.74, 6) is -1.97. The molecule has 8 heteroatoms. The zero-order valence-electron chi connectivity index (χ0n) is 11.3. The van der Waals surface area contributed by atoms with E-state index >= 15 is 0 Å². The zero-order chi connectivity index (χ0) is 16.6. The van der Waals surface area contributed by atoms with E-state index in [2.05, 4.69) is 4.98 Å². The van der Waals surface area contributed by atoms with E-state index < -0.39 is 23.5 Å². The maximum Gasteiger partial charge on any atom is 0.416 e. The molecule has 4 nitrogen and oxygen atoms in total. The Bertz CT molecular complexity index is 856. The number of aromatic nitrogens is 1. The summed E-state index contributed by atoms with van der Waals surface area (Å²) in [6.07, 6.45) is -4.59. The summed E-state index contributed by atoms with van der Waals surface area (Å²) in [4.78, 5) is 16.1. The summed E-state index contributed by atoms with van der Waals surface area (Å²) >= 11 is 1.09. The number of hydrogen-bond acceptors (Lipinski definition) is 5. The fourth-order valence-electron chi connectivity index (χ4n) is 1.88. The van der Waals surface area contributed by atoms with Gasteiger partial charge in [-0.15, -0.1) is 11.3 Å². The number of carbonyl (C=O) groups excluding carboxylic acids is 1. The molecule has 0 amide bonds. The van der Waals surface area contributed by atoms with Crippen molar-refractivity contribution >= 4 is 27.5 Å². The van der Waals surface area contributed by atoms with Crippen LogP contribution in [0, 0.1) is 0 Å². The van der Waals surface area contributed by atoms with Crippen molar-refractivity contribution in [2.45, 2.75) is 6.18 Å². The van der Waals surface area contributed by atoms with Crippen molar-refractivity contribution in [2.75, 3.05) is 0 Å². The molecule has 0 atom stereocenters. The average molecular weight is 339 g/mol. The van der Waals surface area contributed by atoms with Crippen LogP contribution in [0.25, 0.3) is 10.2 Å². The fraction of sp³-hybridized carbons (Fsp3) is 0.0667. The van der Waals surface area contributed by atoms with E-state index in [1.165, 1.54) is 0 Å². The molecule has 1 N–H and O–H groups in total. The highest BCUT2D eigenvalue weighted by atomic mass is 32.1. The van der Waals surface area contributed by atoms with Crippen LogP contribution in [-0.2, 0) is 6.18 Å². The number of phenolic OH excluding ortho intramolecular Hbond substituents is 1. The zero-order valence-corrected chi connectivity index (χ0v) is 12.1. The smallest absolute Gasteiger partial charge is 0.416 e. The first-order valence-electron chi connectivity index (χ1n) is 6.32. The second-order valence-electron chi connectivity index (χ2n) is 4.56. The normalized spacial score (nSPS) is 11.6. The van der Waals surface area contributed by atoms with Gasteiger partial charge in [0.1, 0.15) is 0 Å². The van der Waals surface area contributed by atoms with Crippen molar-refractivity contribution in [2.24, 2.45) is 0 Å². The summed E-state index contributed by atoms with van der Waals surface area (Å²) < 4.78 is 43.2. The SMILES string of the molecule is O=C(Oc1ccc(C(F)(F)F)cc1O)c1nc2ccccc2s1. The molecule has 0 aliphatic rings. The lowest BCUT2D eigenvalue weighted by Gasteiger charge is -2.09. The van der Waals surface area contributed by atoms with Gasteiger partial charge in [-0.25, -0.2) is 9.78 Å². The van der Waals surface area contributed by atoms with Crippen LogP contribution in [0.3, 0.4) is 0 Å². The largest absolute Gasteiger partial charge is 0.504 e. The maximum atomic E-state index is 12.5. The second kappa shape index (κ2) is 5.54. The van der Waals surface area contributed by atoms with Crippen LogP contribution < -0.4 is 4.74 Å². The van der Waals surface area contributed by atoms with E-state index in [1.54, 1.807) is 24.3 Å². The van der Waals surface area contributed by atoms with Crippen molar-refractivity contribution in [3.63, 3.8) is 0 Å². The van der Waals surface area contributed by atoms with E-state index in [0.717, 1.165) is 28.2 Å². The van der Waals surface area contributed by atoms with Crippen molar-refractivity contribution < 1.29 is 27.8 Å². The summed E-state index contributed by atoms with van der Waals surface area (Å²) in [6, 6.07) is 9.17. The van der Waals surface area contributed by atoms with Crippen molar-refractivity contribution in [1.29, 1.82) is 0 Å². The molecule has 3 rings (SSSR count). The van der Waals surface area contributed by atoms with Gasteiger partial charge in [-0.05, 0) is 30.3 Å². The monoisotopic (exact) mass is 339 g/mol. The molecule has 0 saturated carbocycles. The predicted octanol–water partition coefficient (Wildman–Crippen LogP) is 4.24. The first kappa shape index (κ1) is 15.3. The maximum absolute atomic E-state index is 12.5. The summed E-state index contributed by atoms with van der Waals surface area (Å²) in [7, 11) is 0. The van der Waals surface area contributed by atoms with Crippen molar-refractivity contribution in [1.82, 2.24) is 4.98 Å². The van der Waals surface area contributed by atoms with Gasteiger partial charge >= 0.3 is 12.1 Å². The van der Waals surface area contributed by atoms with Gasteiger partial charge in [0.25, 0.3) is 0 Å². The Kier molecular flexibility index (Phi) is 3.69. The molecular weight excluding hydrogens is 331 g/mol. The minimum Gasteiger partial charge on any atom is -0.504 e. The topological polar surface area (TPSA) is 59.4 Å². The minimum absolute atomic E-state index is 0.0468. The Labute approximate surface area is 131 Å². The van der Waals surface area contributed by atoms with Crippen LogP contribution in [0.1, 0.15) is 15.4 Å². The Balaban J connectivity index is 1.85. The number of phenols is 1. The van der Waals surface area contributed by atoms with Crippen LogP contribution in [-0.4, -0.2) is 16.1 Å². The number of aromatic hydroxyl groups is 1. The third kappa shape index (κ3) is 3.11. The van der Waals surface area contributed by atoms with Crippen molar-refractivity contribution in [3.05, 3.63) is 53.0 Å². The van der Waals surface area contributed by atoms with E-state index in [9.17, 15) is 23.1 Å². The fourth-order valence-corrected chi connectivity index (χ4v) is 2.73. The molecule has 0 spiro atoms. The number of para-hydroxylation sites is 1. The number of halogens is 3. The number of carbonyl (C=O) groups is 1. The van der Waals surface area contributed by atoms with E-state index in [1.807, 2.05) is 0 Å². The third-order valence-electron chi connectivity index (χ3n) is 2.96. The Morgan fingerprint density at radius 1 is 1.17 bits per heavy atom. The number of fused-ring (bicyclic) bond motifs is 1. The second-order valence-corrected chi connectivity index (χ2v) is 5.59. The molecule has 0 fully saturated rings. The van der Waals surface area contributed by atoms with Crippen LogP contribution in [0.5, 0.6) is 11.5 Å². The molecule has 118 valence electrons. The molecule has 0 bridgehead atoms. The summed E-state index contributed by atoms with van der Waals surface area (Å²) in [6.45, 7) is 0. The van der Waals surface area contributed by atoms with Gasteiger partial charge in [0, 0.05) is 0 Å². The number of hydrogen-bond donors (Lipinski definition) is 1. The summed E-state index contributed by atoms with van der Waals surface area (Å²) in [5.41, 5.74) is -0.420. The molecule has 3 aromatic rings. The Morgan fingerprint density at radius 2 is 1.91 bits per heavy atom. The number of alkyl halides is 3. The molecule has 0 unspecified atom stereocenters. The van der Waals surface area contributed by atoms with Gasteiger partial charge in [0.15, 0.2) is 11.5 Å². The highest BCUT2D eigenvalue weighted by Gasteiger charge is 2.31. The van der Waals surface area contributed by atoms with E-state index in [4.69, 9.17) is 4.74 Å². The van der Waals surface area contributed by atoms with E-state index in [-0.39, 0.29) is 10.8 Å². The van der Waals surface area contributed by atoms with Gasteiger partial charge in [-0.1, -0.05) is 12.1 Å². The first-order valence-corrected chi connectivity index (χ1v) is 7.14. The number of nitrogens with zero attached hydrogens (tertiary/aromatic N) is 1. The minimum atomic E-state index is -4.59. The number of benzene rings is 2. The van der Waals surface area contributed by atoms with Crippen LogP contribution >= 0.6 is 11.3 Å². The van der Waals surface area contributed by atoms with Gasteiger partial charge in [-0.3, -0.25) is 0 Å². The molecular formula is C15H8F3NO3S. The van der Waals surface area contributed by atoms with Gasteiger partial charge in [0.2, 0.25) is 5.01 Å². The number of rotatable bonds is 2. The third-order valence-corrected chi connectivity index (χ3v) is 3.97. The molecule has 1 heterocycles. The highest BCUT2D eigenvalue weighted by molar-refractivity contribution is 7.20. The number of thiazole rings is 1. The van der Waals surface area contributed by atoms with Crippen LogP contribution in [0.15, 0.2) is 42.5 Å². The highest BCUT2D eigenvalue weighted by Crippen LogP contribution is 2.36. The molecule has 0 aliphatic carbocycles. The molecule has 0 radical (unpaired) electrons. The number of esters is 1. The standard InChI is InChI=1S/C15H8F3NO3S/c16-15(17,18)8-5-6-11(10(20)7-8)22-14(21)13-19-9-3-1-2-4-12(9)23-13/h1-7,20H. The molecule has 2 aromatic carbocycles. The molecule has 0 saturated heterocycles. The molecule has 1 aromatic heterocycles. The molecule has 0 aliphatic heterocycles. The first-order chi connectivity index (χ1) is 10.8. The summed E-state index contributed by atoms with van der Waals surface area (Å²) in [5, 5.41) is 9.64.